The molecule has 0 fully saturated rings. The summed E-state index contributed by atoms with van der Waals surface area (Å²) in [5.74, 6) is -0.268. The summed E-state index contributed by atoms with van der Waals surface area (Å²) in [6, 6.07) is 0. The van der Waals surface area contributed by atoms with Crippen LogP contribution in [0.2, 0.25) is 0 Å². The summed E-state index contributed by atoms with van der Waals surface area (Å²) in [6.07, 6.45) is 4.19. The fourth-order valence-corrected chi connectivity index (χ4v) is 1.17. The molecule has 3 nitrogen and oxygen atoms in total. The Morgan fingerprint density at radius 1 is 1.21 bits per heavy atom. The molecule has 0 unspecified atom stereocenters. The number of rotatable bonds is 7. The van der Waals surface area contributed by atoms with Gasteiger partial charge in [0, 0.05) is 6.42 Å². The predicted octanol–water partition coefficient (Wildman–Crippen LogP) is 3.23. The Hall–Kier alpha value is -0.570. The summed E-state index contributed by atoms with van der Waals surface area (Å²) in [5.41, 5.74) is -0.364. The summed E-state index contributed by atoms with van der Waals surface area (Å²) in [7, 11) is 0. The summed E-state index contributed by atoms with van der Waals surface area (Å²) >= 11 is 0. The van der Waals surface area contributed by atoms with Crippen molar-refractivity contribution in [3.05, 3.63) is 0 Å². The first-order chi connectivity index (χ1) is 6.52. The van der Waals surface area contributed by atoms with Crippen LogP contribution in [0.25, 0.3) is 0 Å². The maximum atomic E-state index is 11.1. The molecule has 0 radical (unpaired) electrons. The van der Waals surface area contributed by atoms with Crippen molar-refractivity contribution in [2.24, 2.45) is 0 Å². The standard InChI is InChI=1S/C11H22O3/c1-5-7-8-10(12)13-14-11(3,4)9-6-2/h5-9H2,1-4H3. The maximum Gasteiger partial charge on any atom is 0.342 e. The molecule has 0 aromatic heterocycles. The smallest absolute Gasteiger partial charge is 0.298 e. The molecule has 0 aromatic rings. The van der Waals surface area contributed by atoms with E-state index in [1.165, 1.54) is 0 Å². The van der Waals surface area contributed by atoms with Gasteiger partial charge >= 0.3 is 5.97 Å². The Labute approximate surface area is 86.7 Å². The molecule has 0 saturated carbocycles. The lowest BCUT2D eigenvalue weighted by molar-refractivity contribution is -0.326. The first-order valence-electron chi connectivity index (χ1n) is 5.40. The van der Waals surface area contributed by atoms with Gasteiger partial charge in [0.2, 0.25) is 0 Å². The van der Waals surface area contributed by atoms with Crippen LogP contribution in [0, 0.1) is 0 Å². The van der Waals surface area contributed by atoms with Gasteiger partial charge in [-0.2, -0.15) is 4.89 Å². The summed E-state index contributed by atoms with van der Waals surface area (Å²) in [5, 5.41) is 0. The number of unbranched alkanes of at least 4 members (excludes halogenated alkanes) is 1. The van der Waals surface area contributed by atoms with Crippen LogP contribution in [0.4, 0.5) is 0 Å². The molecule has 0 rings (SSSR count). The number of carbonyl (C=O) groups is 1. The van der Waals surface area contributed by atoms with Gasteiger partial charge in [-0.05, 0) is 26.7 Å². The van der Waals surface area contributed by atoms with Crippen LogP contribution in [0.15, 0.2) is 0 Å². The molecule has 0 aliphatic carbocycles. The molecule has 0 saturated heterocycles. The molecule has 0 aliphatic heterocycles. The minimum atomic E-state index is -0.364. The van der Waals surface area contributed by atoms with Gasteiger partial charge in [-0.15, -0.1) is 0 Å². The van der Waals surface area contributed by atoms with Crippen molar-refractivity contribution in [3.63, 3.8) is 0 Å². The van der Waals surface area contributed by atoms with Crippen LogP contribution in [0.1, 0.15) is 59.8 Å². The average molecular weight is 202 g/mol. The molecule has 0 N–H and O–H groups in total. The van der Waals surface area contributed by atoms with Crippen LogP contribution in [-0.4, -0.2) is 11.6 Å². The van der Waals surface area contributed by atoms with E-state index in [0.717, 1.165) is 25.7 Å². The Kier molecular flexibility index (Phi) is 6.54. The molecule has 0 heterocycles. The van der Waals surface area contributed by atoms with Gasteiger partial charge in [-0.1, -0.05) is 26.7 Å². The first-order valence-corrected chi connectivity index (χ1v) is 5.40. The topological polar surface area (TPSA) is 35.5 Å². The summed E-state index contributed by atoms with van der Waals surface area (Å²) in [6.45, 7) is 7.95. The minimum absolute atomic E-state index is 0.268. The van der Waals surface area contributed by atoms with Crippen molar-refractivity contribution in [2.45, 2.75) is 65.4 Å². The highest BCUT2D eigenvalue weighted by Gasteiger charge is 2.20. The molecule has 0 bridgehead atoms. The zero-order chi connectivity index (χ0) is 11.0. The van der Waals surface area contributed by atoms with E-state index in [1.54, 1.807) is 0 Å². The Bertz CT molecular complexity index is 164. The highest BCUT2D eigenvalue weighted by atomic mass is 17.2. The molecule has 0 spiro atoms. The van der Waals surface area contributed by atoms with E-state index in [1.807, 2.05) is 20.8 Å². The molecular formula is C11H22O3. The zero-order valence-electron chi connectivity index (χ0n) is 9.76. The second-order valence-corrected chi connectivity index (χ2v) is 4.15. The van der Waals surface area contributed by atoms with Crippen molar-refractivity contribution in [2.75, 3.05) is 0 Å². The molecular weight excluding hydrogens is 180 g/mol. The SMILES string of the molecule is CCCCC(=O)OOC(C)(C)CCC. The van der Waals surface area contributed by atoms with Crippen molar-refractivity contribution in [1.29, 1.82) is 0 Å². The summed E-state index contributed by atoms with van der Waals surface area (Å²) < 4.78 is 0. The van der Waals surface area contributed by atoms with Gasteiger partial charge in [0.1, 0.15) is 5.60 Å². The van der Waals surface area contributed by atoms with E-state index in [-0.39, 0.29) is 11.6 Å². The van der Waals surface area contributed by atoms with Crippen LogP contribution >= 0.6 is 0 Å². The van der Waals surface area contributed by atoms with E-state index >= 15 is 0 Å². The molecule has 84 valence electrons. The van der Waals surface area contributed by atoms with Crippen molar-refractivity contribution >= 4 is 5.97 Å². The van der Waals surface area contributed by atoms with Gasteiger partial charge in [0.05, 0.1) is 0 Å². The van der Waals surface area contributed by atoms with Crippen molar-refractivity contribution < 1.29 is 14.6 Å². The van der Waals surface area contributed by atoms with Crippen LogP contribution in [0.5, 0.6) is 0 Å². The first kappa shape index (κ1) is 13.4. The van der Waals surface area contributed by atoms with Gasteiger partial charge in [-0.25, -0.2) is 4.79 Å². The van der Waals surface area contributed by atoms with Crippen LogP contribution in [-0.2, 0) is 14.6 Å². The fourth-order valence-electron chi connectivity index (χ4n) is 1.17. The van der Waals surface area contributed by atoms with E-state index in [2.05, 4.69) is 6.92 Å². The second kappa shape index (κ2) is 6.82. The molecule has 3 heteroatoms. The molecule has 0 aromatic carbocycles. The number of hydrogen-bond donors (Lipinski definition) is 0. The highest BCUT2D eigenvalue weighted by molar-refractivity contribution is 5.68. The van der Waals surface area contributed by atoms with Crippen molar-refractivity contribution in [1.82, 2.24) is 0 Å². The Morgan fingerprint density at radius 2 is 1.86 bits per heavy atom. The second-order valence-electron chi connectivity index (χ2n) is 4.15. The largest absolute Gasteiger partial charge is 0.342 e. The fraction of sp³-hybridized carbons (Fsp3) is 0.909. The molecule has 0 aliphatic rings. The zero-order valence-corrected chi connectivity index (χ0v) is 9.76. The highest BCUT2D eigenvalue weighted by Crippen LogP contribution is 2.17. The average Bonchev–Trinajstić information content (AvgIpc) is 2.11. The van der Waals surface area contributed by atoms with E-state index in [9.17, 15) is 4.79 Å². The third-order valence-electron chi connectivity index (χ3n) is 1.95. The van der Waals surface area contributed by atoms with Crippen LogP contribution < -0.4 is 0 Å². The Morgan fingerprint density at radius 3 is 2.36 bits per heavy atom. The van der Waals surface area contributed by atoms with Gasteiger partial charge in [-0.3, -0.25) is 4.89 Å². The third kappa shape index (κ3) is 6.89. The lowest BCUT2D eigenvalue weighted by Gasteiger charge is -2.21. The number of carbonyl (C=O) groups excluding carboxylic acids is 1. The van der Waals surface area contributed by atoms with E-state index in [4.69, 9.17) is 9.78 Å². The Balaban J connectivity index is 3.64. The van der Waals surface area contributed by atoms with E-state index < -0.39 is 0 Å². The number of hydrogen-bond acceptors (Lipinski definition) is 3. The van der Waals surface area contributed by atoms with Crippen LogP contribution in [0.3, 0.4) is 0 Å². The third-order valence-corrected chi connectivity index (χ3v) is 1.95. The predicted molar refractivity (Wildman–Crippen MR) is 55.7 cm³/mol. The maximum absolute atomic E-state index is 11.1. The quantitative estimate of drug-likeness (QED) is 0.469. The lowest BCUT2D eigenvalue weighted by atomic mass is 10.0. The minimum Gasteiger partial charge on any atom is -0.298 e. The summed E-state index contributed by atoms with van der Waals surface area (Å²) in [4.78, 5) is 20.9. The lowest BCUT2D eigenvalue weighted by Crippen LogP contribution is -2.25. The van der Waals surface area contributed by atoms with Gasteiger partial charge < -0.3 is 0 Å². The monoisotopic (exact) mass is 202 g/mol. The normalized spacial score (nSPS) is 11.4. The molecule has 14 heavy (non-hydrogen) atoms. The van der Waals surface area contributed by atoms with Crippen molar-refractivity contribution in [3.8, 4) is 0 Å². The molecule has 0 amide bonds. The molecule has 0 atom stereocenters. The van der Waals surface area contributed by atoms with Gasteiger partial charge in [0.15, 0.2) is 0 Å². The van der Waals surface area contributed by atoms with E-state index in [0.29, 0.717) is 6.42 Å². The van der Waals surface area contributed by atoms with Gasteiger partial charge in [0.25, 0.3) is 0 Å².